The molecule has 0 saturated carbocycles. The fourth-order valence-electron chi connectivity index (χ4n) is 8.67. The molecule has 0 aromatic heterocycles. The maximum atomic E-state index is 3.00. The van der Waals surface area contributed by atoms with Crippen molar-refractivity contribution in [2.45, 2.75) is 177 Å². The molecular weight excluding hydrogens is 748 g/mol. The highest BCUT2D eigenvalue weighted by Gasteiger charge is 2.63. The number of rotatable bonds is 32. The molecule has 0 unspecified atom stereocenters. The van der Waals surface area contributed by atoms with Crippen LogP contribution in [0, 0.1) is 20.8 Å². The lowest BCUT2D eigenvalue weighted by Crippen LogP contribution is -2.55. The van der Waals surface area contributed by atoms with Gasteiger partial charge in [-0.25, -0.2) is 0 Å². The second kappa shape index (κ2) is 28.2. The van der Waals surface area contributed by atoms with Crippen LogP contribution in [0.5, 0.6) is 0 Å². The van der Waals surface area contributed by atoms with Gasteiger partial charge in [-0.1, -0.05) is 202 Å². The summed E-state index contributed by atoms with van der Waals surface area (Å²) in [5.74, 6) is 0. The van der Waals surface area contributed by atoms with Gasteiger partial charge in [0, 0.05) is 0 Å². The predicted molar refractivity (Wildman–Crippen MR) is 271 cm³/mol. The second-order valence-corrected chi connectivity index (χ2v) is 20.5. The van der Waals surface area contributed by atoms with Crippen molar-refractivity contribution in [3.05, 3.63) is 120 Å². The van der Waals surface area contributed by atoms with Gasteiger partial charge in [0.15, 0.2) is 0 Å². The molecule has 0 heterocycles. The van der Waals surface area contributed by atoms with Gasteiger partial charge in [0.05, 0.1) is 48.9 Å². The van der Waals surface area contributed by atoms with E-state index in [-0.39, 0.29) is 0 Å². The molecule has 0 fully saturated rings. The smallest absolute Gasteiger partial charge is 0.190 e. The van der Waals surface area contributed by atoms with Crippen molar-refractivity contribution in [2.24, 2.45) is 0 Å². The lowest BCUT2D eigenvalue weighted by molar-refractivity contribution is 0.621. The van der Waals surface area contributed by atoms with Crippen LogP contribution in [0.15, 0.2) is 103 Å². The number of hydrogen-bond donors (Lipinski definition) is 0. The zero-order chi connectivity index (χ0) is 42.8. The van der Waals surface area contributed by atoms with E-state index in [2.05, 4.69) is 170 Å². The molecule has 0 saturated heterocycles. The van der Waals surface area contributed by atoms with E-state index >= 15 is 0 Å². The number of para-hydroxylation sites is 1. The van der Waals surface area contributed by atoms with Gasteiger partial charge in [-0.15, -0.1) is 0 Å². The van der Waals surface area contributed by atoms with Gasteiger partial charge in [0.25, 0.3) is 0 Å². The highest BCUT2D eigenvalue weighted by molar-refractivity contribution is 7.81. The van der Waals surface area contributed by atoms with Gasteiger partial charge >= 0.3 is 7.87 Å². The summed E-state index contributed by atoms with van der Waals surface area (Å²) in [6.07, 6.45) is 25.1. The predicted octanol–water partition coefficient (Wildman–Crippen LogP) is 17.5. The van der Waals surface area contributed by atoms with E-state index in [9.17, 15) is 0 Å². The summed E-state index contributed by atoms with van der Waals surface area (Å²) >= 11 is 0. The molecule has 0 N–H and O–H groups in total. The van der Waals surface area contributed by atoms with Crippen LogP contribution in [0.2, 0.25) is 0 Å². The summed E-state index contributed by atoms with van der Waals surface area (Å²) in [5.41, 5.74) is 9.35. The molecule has 4 rings (SSSR count). The fraction of sp³-hybridized carbons (Fsp3) is 0.564. The molecule has 0 radical (unpaired) electrons. The van der Waals surface area contributed by atoms with E-state index in [0.717, 1.165) is 26.2 Å². The van der Waals surface area contributed by atoms with Crippen molar-refractivity contribution in [2.75, 3.05) is 44.9 Å². The summed E-state index contributed by atoms with van der Waals surface area (Å²) in [5, 5.41) is 0. The Balaban J connectivity index is 2.18. The molecule has 0 aliphatic heterocycles. The monoisotopic (exact) mass is 834 g/mol. The molecule has 4 nitrogen and oxygen atoms in total. The third-order valence-electron chi connectivity index (χ3n) is 12.2. The van der Waals surface area contributed by atoms with E-state index in [4.69, 9.17) is 0 Å². The van der Waals surface area contributed by atoms with E-state index in [1.165, 1.54) is 168 Å². The van der Waals surface area contributed by atoms with Crippen LogP contribution in [-0.4, -0.2) is 26.2 Å². The van der Waals surface area contributed by atoms with Crippen molar-refractivity contribution < 1.29 is 0 Å². The first-order valence-electron chi connectivity index (χ1n) is 24.7. The van der Waals surface area contributed by atoms with Crippen LogP contribution in [0.1, 0.15) is 173 Å². The van der Waals surface area contributed by atoms with Crippen LogP contribution in [0.25, 0.3) is 0 Å². The third-order valence-corrected chi connectivity index (χ3v) is 16.6. The minimum atomic E-state index is -2.76. The Hall–Kier alpha value is -3.49. The Morgan fingerprint density at radius 2 is 0.517 bits per heavy atom. The molecule has 0 atom stereocenters. The van der Waals surface area contributed by atoms with Gasteiger partial charge in [-0.05, 0) is 95.0 Å². The summed E-state index contributed by atoms with van der Waals surface area (Å²) < 4.78 is 12.0. The number of nitrogens with zero attached hydrogens (tertiary/aromatic N) is 4. The van der Waals surface area contributed by atoms with Gasteiger partial charge in [0.1, 0.15) is 0 Å². The molecule has 0 amide bonds. The van der Waals surface area contributed by atoms with Crippen molar-refractivity contribution in [1.29, 1.82) is 0 Å². The summed E-state index contributed by atoms with van der Waals surface area (Å²) in [6, 6.07) is 40.6. The Labute approximate surface area is 370 Å². The Kier molecular flexibility index (Phi) is 23.1. The maximum absolute atomic E-state index is 3.00. The molecular formula is C55H86N4P+. The molecule has 0 aliphatic carbocycles. The maximum Gasteiger partial charge on any atom is 0.405 e. The second-order valence-electron chi connectivity index (χ2n) is 17.5. The number of anilines is 4. The first-order valence-corrected chi connectivity index (χ1v) is 26.3. The average molecular weight is 834 g/mol. The van der Waals surface area contributed by atoms with E-state index < -0.39 is 7.87 Å². The van der Waals surface area contributed by atoms with Crippen molar-refractivity contribution >= 4 is 30.6 Å². The fourth-order valence-corrected chi connectivity index (χ4v) is 13.6. The standard InChI is InChI=1S/C55H86N4P/c1-8-12-16-20-27-45-56(52-31-25-24-26-32-52)60(57(46-28-21-17-13-9-2)53-39-33-49(5)34-40-53,58(47-29-22-18-14-10-3)54-41-35-50(6)36-42-54)59(48-30-23-19-15-11-4)55-43-37-51(7)38-44-55/h24-26,31-44H,8-23,27-30,45-48H2,1-7H3/q+1. The van der Waals surface area contributed by atoms with Gasteiger partial charge in [-0.2, -0.15) is 18.7 Å². The van der Waals surface area contributed by atoms with Crippen LogP contribution in [0.4, 0.5) is 22.7 Å². The lowest BCUT2D eigenvalue weighted by atomic mass is 10.1. The minimum Gasteiger partial charge on any atom is -0.190 e. The topological polar surface area (TPSA) is 13.0 Å². The molecule has 5 heteroatoms. The zero-order valence-electron chi connectivity index (χ0n) is 39.5. The van der Waals surface area contributed by atoms with Crippen LogP contribution in [-0.2, 0) is 0 Å². The van der Waals surface area contributed by atoms with Gasteiger partial charge in [0.2, 0.25) is 0 Å². The zero-order valence-corrected chi connectivity index (χ0v) is 40.4. The van der Waals surface area contributed by atoms with Crippen molar-refractivity contribution in [3.8, 4) is 0 Å². The lowest BCUT2D eigenvalue weighted by Gasteiger charge is -2.53. The number of benzene rings is 4. The summed E-state index contributed by atoms with van der Waals surface area (Å²) in [4.78, 5) is 0. The highest BCUT2D eigenvalue weighted by atomic mass is 31.2. The Morgan fingerprint density at radius 1 is 0.283 bits per heavy atom. The van der Waals surface area contributed by atoms with E-state index in [1.54, 1.807) is 0 Å². The van der Waals surface area contributed by atoms with Crippen LogP contribution >= 0.6 is 7.87 Å². The van der Waals surface area contributed by atoms with E-state index in [1.807, 2.05) is 0 Å². The largest absolute Gasteiger partial charge is 0.405 e. The number of unbranched alkanes of at least 4 members (excludes halogenated alkanes) is 16. The average Bonchev–Trinajstić information content (AvgIpc) is 3.27. The molecule has 4 aromatic rings. The quantitative estimate of drug-likeness (QED) is 0.0359. The molecule has 0 bridgehead atoms. The molecule has 0 aliphatic rings. The van der Waals surface area contributed by atoms with Gasteiger partial charge < -0.3 is 0 Å². The summed E-state index contributed by atoms with van der Waals surface area (Å²) in [7, 11) is -2.76. The molecule has 4 aromatic carbocycles. The first-order chi connectivity index (χ1) is 29.4. The molecule has 60 heavy (non-hydrogen) atoms. The summed E-state index contributed by atoms with van der Waals surface area (Å²) in [6.45, 7) is 20.1. The first kappa shape index (κ1) is 49.2. The third kappa shape index (κ3) is 14.9. The SMILES string of the molecule is CCCCCCCN(c1ccccc1)[P+](N(CCCCCCC)c1ccc(C)cc1)(N(CCCCCCC)c1ccc(C)cc1)N(CCCCCCC)c1ccc(C)cc1. The molecule has 330 valence electrons. The minimum absolute atomic E-state index is 1.01. The van der Waals surface area contributed by atoms with Crippen LogP contribution < -0.4 is 18.7 Å². The normalized spacial score (nSPS) is 11.5. The van der Waals surface area contributed by atoms with Crippen molar-refractivity contribution in [3.63, 3.8) is 0 Å². The Morgan fingerprint density at radius 3 is 0.767 bits per heavy atom. The molecule has 0 spiro atoms. The van der Waals surface area contributed by atoms with Crippen LogP contribution in [0.3, 0.4) is 0 Å². The number of aryl methyl sites for hydroxylation is 3. The van der Waals surface area contributed by atoms with Crippen molar-refractivity contribution in [1.82, 2.24) is 0 Å². The Bertz CT molecular complexity index is 1500. The van der Waals surface area contributed by atoms with Gasteiger partial charge in [-0.3, -0.25) is 0 Å². The highest BCUT2D eigenvalue weighted by Crippen LogP contribution is 2.73. The van der Waals surface area contributed by atoms with E-state index in [0.29, 0.717) is 0 Å². The number of hydrogen-bond acceptors (Lipinski definition) is 4.